The van der Waals surface area contributed by atoms with Crippen molar-refractivity contribution in [3.8, 4) is 0 Å². The van der Waals surface area contributed by atoms with Gasteiger partial charge >= 0.3 is 0 Å². The number of benzene rings is 3. The second-order valence-electron chi connectivity index (χ2n) is 7.33. The minimum absolute atomic E-state index is 0.0737. The van der Waals surface area contributed by atoms with E-state index in [9.17, 15) is 4.79 Å². The highest BCUT2D eigenvalue weighted by Gasteiger charge is 2.37. The van der Waals surface area contributed by atoms with Crippen LogP contribution in [0.2, 0.25) is 15.1 Å². The van der Waals surface area contributed by atoms with E-state index in [1.165, 1.54) is 5.56 Å². The molecule has 5 heteroatoms. The van der Waals surface area contributed by atoms with Crippen molar-refractivity contribution in [1.82, 2.24) is 0 Å². The Bertz CT molecular complexity index is 1000. The van der Waals surface area contributed by atoms with Crippen LogP contribution in [0.1, 0.15) is 30.0 Å². The second kappa shape index (κ2) is 8.79. The highest BCUT2D eigenvalue weighted by Crippen LogP contribution is 2.41. The first-order chi connectivity index (χ1) is 14.0. The van der Waals surface area contributed by atoms with Crippen LogP contribution < -0.4 is 4.90 Å². The second-order valence-corrected chi connectivity index (χ2v) is 8.61. The molecule has 0 aromatic heterocycles. The molecule has 1 heterocycles. The van der Waals surface area contributed by atoms with Crippen LogP contribution in [0.25, 0.3) is 0 Å². The molecule has 1 amide bonds. The maximum Gasteiger partial charge on any atom is 0.231 e. The van der Waals surface area contributed by atoms with E-state index in [0.29, 0.717) is 15.1 Å². The summed E-state index contributed by atoms with van der Waals surface area (Å²) in [7, 11) is 0. The van der Waals surface area contributed by atoms with Crippen molar-refractivity contribution in [2.45, 2.75) is 25.3 Å². The summed E-state index contributed by atoms with van der Waals surface area (Å²) < 4.78 is 0. The Morgan fingerprint density at radius 1 is 0.828 bits per heavy atom. The van der Waals surface area contributed by atoms with Crippen molar-refractivity contribution in [2.24, 2.45) is 5.92 Å². The third kappa shape index (κ3) is 4.45. The van der Waals surface area contributed by atoms with Crippen molar-refractivity contribution in [2.75, 3.05) is 4.90 Å². The summed E-state index contributed by atoms with van der Waals surface area (Å²) in [4.78, 5) is 15.5. The maximum absolute atomic E-state index is 13.6. The van der Waals surface area contributed by atoms with E-state index < -0.39 is 0 Å². The molecule has 2 atom stereocenters. The lowest BCUT2D eigenvalue weighted by atomic mass is 9.84. The van der Waals surface area contributed by atoms with Crippen molar-refractivity contribution < 1.29 is 4.79 Å². The van der Waals surface area contributed by atoms with E-state index in [0.717, 1.165) is 30.5 Å². The Hall–Kier alpha value is -2.00. The molecule has 0 aliphatic carbocycles. The van der Waals surface area contributed by atoms with Gasteiger partial charge in [-0.1, -0.05) is 71.2 Å². The average Bonchev–Trinajstić information content (AvgIpc) is 2.71. The highest BCUT2D eigenvalue weighted by molar-refractivity contribution is 6.35. The van der Waals surface area contributed by atoms with Crippen LogP contribution in [-0.2, 0) is 11.2 Å². The van der Waals surface area contributed by atoms with Gasteiger partial charge in [0.25, 0.3) is 0 Å². The van der Waals surface area contributed by atoms with E-state index in [1.54, 1.807) is 6.07 Å². The van der Waals surface area contributed by atoms with E-state index in [4.69, 9.17) is 34.8 Å². The van der Waals surface area contributed by atoms with Gasteiger partial charge in [-0.05, 0) is 66.8 Å². The quantitative estimate of drug-likeness (QED) is 0.411. The first kappa shape index (κ1) is 20.3. The molecule has 0 spiro atoms. The Balaban J connectivity index is 1.70. The van der Waals surface area contributed by atoms with E-state index in [-0.39, 0.29) is 17.9 Å². The number of anilines is 1. The Kier molecular flexibility index (Phi) is 6.15. The summed E-state index contributed by atoms with van der Waals surface area (Å²) in [5.41, 5.74) is 2.91. The van der Waals surface area contributed by atoms with Crippen molar-refractivity contribution in [3.05, 3.63) is 99.0 Å². The summed E-state index contributed by atoms with van der Waals surface area (Å²) in [6, 6.07) is 22.9. The van der Waals surface area contributed by atoms with E-state index in [1.807, 2.05) is 59.5 Å². The number of nitrogens with zero attached hydrogens (tertiary/aromatic N) is 1. The van der Waals surface area contributed by atoms with Crippen molar-refractivity contribution in [3.63, 3.8) is 0 Å². The number of hydrogen-bond donors (Lipinski definition) is 0. The molecule has 29 heavy (non-hydrogen) atoms. The van der Waals surface area contributed by atoms with Crippen molar-refractivity contribution >= 4 is 46.4 Å². The smallest absolute Gasteiger partial charge is 0.231 e. The monoisotopic (exact) mass is 443 g/mol. The van der Waals surface area contributed by atoms with E-state index in [2.05, 4.69) is 12.1 Å². The SMILES string of the molecule is O=C1C(Cc2ccccc2)CCC(c2ccc(Cl)cc2Cl)N1c1ccc(Cl)cc1. The molecule has 0 saturated carbocycles. The molecule has 3 aromatic rings. The zero-order valence-corrected chi connectivity index (χ0v) is 18.0. The molecule has 4 rings (SSSR count). The number of halogens is 3. The molecular formula is C24H20Cl3NO. The standard InChI is InChI=1S/C24H20Cl3NO/c25-18-7-10-20(11-8-18)28-23(21-12-9-19(26)15-22(21)27)13-6-17(24(28)29)14-16-4-2-1-3-5-16/h1-5,7-12,15,17,23H,6,13-14H2. The van der Waals surface area contributed by atoms with Crippen molar-refractivity contribution in [1.29, 1.82) is 0 Å². The van der Waals surface area contributed by atoms with Gasteiger partial charge in [-0.2, -0.15) is 0 Å². The van der Waals surface area contributed by atoms with Crippen LogP contribution in [0, 0.1) is 5.92 Å². The summed E-state index contributed by atoms with van der Waals surface area (Å²) in [5.74, 6) is 0.0360. The molecule has 1 fully saturated rings. The number of carbonyl (C=O) groups is 1. The van der Waals surface area contributed by atoms with Gasteiger partial charge in [0.2, 0.25) is 5.91 Å². The van der Waals surface area contributed by atoms with Gasteiger partial charge in [0.15, 0.2) is 0 Å². The summed E-state index contributed by atoms with van der Waals surface area (Å²) in [6.45, 7) is 0. The topological polar surface area (TPSA) is 20.3 Å². The minimum atomic E-state index is -0.138. The fourth-order valence-corrected chi connectivity index (χ4v) is 4.69. The van der Waals surface area contributed by atoms with Crippen LogP contribution >= 0.6 is 34.8 Å². The molecule has 0 bridgehead atoms. The highest BCUT2D eigenvalue weighted by atomic mass is 35.5. The third-order valence-corrected chi connectivity index (χ3v) is 6.25. The van der Waals surface area contributed by atoms with Gasteiger partial charge in [0.05, 0.1) is 6.04 Å². The first-order valence-corrected chi connectivity index (χ1v) is 10.7. The molecular weight excluding hydrogens is 425 g/mol. The predicted molar refractivity (Wildman–Crippen MR) is 121 cm³/mol. The first-order valence-electron chi connectivity index (χ1n) is 9.60. The molecule has 1 aliphatic rings. The van der Waals surface area contributed by atoms with Gasteiger partial charge in [0.1, 0.15) is 0 Å². The summed E-state index contributed by atoms with van der Waals surface area (Å²) in [6.07, 6.45) is 2.36. The van der Waals surface area contributed by atoms with Crippen LogP contribution in [0.5, 0.6) is 0 Å². The minimum Gasteiger partial charge on any atom is -0.305 e. The van der Waals surface area contributed by atoms with Gasteiger partial charge in [-0.15, -0.1) is 0 Å². The van der Waals surface area contributed by atoms with Crippen LogP contribution in [0.15, 0.2) is 72.8 Å². The number of hydrogen-bond acceptors (Lipinski definition) is 1. The lowest BCUT2D eigenvalue weighted by Gasteiger charge is -2.40. The van der Waals surface area contributed by atoms with E-state index >= 15 is 0 Å². The Morgan fingerprint density at radius 3 is 2.21 bits per heavy atom. The number of rotatable bonds is 4. The Morgan fingerprint density at radius 2 is 1.52 bits per heavy atom. The predicted octanol–water partition coefficient (Wildman–Crippen LogP) is 7.37. The molecule has 2 nitrogen and oxygen atoms in total. The zero-order chi connectivity index (χ0) is 20.4. The average molecular weight is 445 g/mol. The molecule has 0 N–H and O–H groups in total. The van der Waals surface area contributed by atoms with Gasteiger partial charge in [-0.25, -0.2) is 0 Å². The molecule has 1 aliphatic heterocycles. The molecule has 148 valence electrons. The number of amides is 1. The van der Waals surface area contributed by atoms with Gasteiger partial charge in [0, 0.05) is 26.7 Å². The van der Waals surface area contributed by atoms with Crippen LogP contribution in [0.3, 0.4) is 0 Å². The summed E-state index contributed by atoms with van der Waals surface area (Å²) >= 11 is 18.7. The molecule has 3 aromatic carbocycles. The lowest BCUT2D eigenvalue weighted by molar-refractivity contribution is -0.124. The number of carbonyl (C=O) groups excluding carboxylic acids is 1. The van der Waals surface area contributed by atoms with Crippen LogP contribution in [0.4, 0.5) is 5.69 Å². The largest absolute Gasteiger partial charge is 0.305 e. The van der Waals surface area contributed by atoms with Crippen LogP contribution in [-0.4, -0.2) is 5.91 Å². The summed E-state index contributed by atoms with van der Waals surface area (Å²) in [5, 5.41) is 1.80. The molecule has 1 saturated heterocycles. The fraction of sp³-hybridized carbons (Fsp3) is 0.208. The number of piperidine rings is 1. The third-order valence-electron chi connectivity index (χ3n) is 5.44. The Labute approximate surface area is 186 Å². The van der Waals surface area contributed by atoms with Gasteiger partial charge in [-0.3, -0.25) is 4.79 Å². The lowest BCUT2D eigenvalue weighted by Crippen LogP contribution is -2.44. The maximum atomic E-state index is 13.6. The fourth-order valence-electron chi connectivity index (χ4n) is 4.03. The van der Waals surface area contributed by atoms with Gasteiger partial charge < -0.3 is 4.90 Å². The molecule has 0 radical (unpaired) electrons. The normalized spacial score (nSPS) is 19.4. The zero-order valence-electron chi connectivity index (χ0n) is 15.7. The molecule has 2 unspecified atom stereocenters.